The van der Waals surface area contributed by atoms with Gasteiger partial charge < -0.3 is 14.9 Å². The number of phenols is 1. The van der Waals surface area contributed by atoms with Crippen LogP contribution in [0.15, 0.2) is 54.6 Å². The number of aromatic nitrogens is 2. The predicted octanol–water partition coefficient (Wildman–Crippen LogP) is 5.39. The molecule has 0 aliphatic heterocycles. The Morgan fingerprint density at radius 3 is 2.30 bits per heavy atom. The van der Waals surface area contributed by atoms with E-state index in [4.69, 9.17) is 14.9 Å². The van der Waals surface area contributed by atoms with Gasteiger partial charge in [-0.05, 0) is 73.8 Å². The lowest BCUT2D eigenvalue weighted by atomic mass is 9.82. The SMILES string of the molecule is CCc1c(-c2ccccc2)c(-c2ccc(O)cc2)nn1C[C@H]1CC[C@H](COCC(=O)O)CC1. The molecule has 6 heteroatoms. The minimum Gasteiger partial charge on any atom is -0.508 e. The van der Waals surface area contributed by atoms with Gasteiger partial charge in [0, 0.05) is 23.4 Å². The van der Waals surface area contributed by atoms with Crippen molar-refractivity contribution in [2.45, 2.75) is 45.6 Å². The van der Waals surface area contributed by atoms with E-state index < -0.39 is 5.97 Å². The molecule has 0 unspecified atom stereocenters. The van der Waals surface area contributed by atoms with Crippen LogP contribution in [0.25, 0.3) is 22.4 Å². The molecular formula is C27H32N2O4. The van der Waals surface area contributed by atoms with E-state index in [1.165, 1.54) is 11.3 Å². The summed E-state index contributed by atoms with van der Waals surface area (Å²) in [4.78, 5) is 10.7. The minimum atomic E-state index is -0.909. The highest BCUT2D eigenvalue weighted by Crippen LogP contribution is 2.37. The molecule has 0 bridgehead atoms. The Labute approximate surface area is 194 Å². The number of aliphatic carboxylic acids is 1. The van der Waals surface area contributed by atoms with Gasteiger partial charge in [-0.3, -0.25) is 4.68 Å². The second-order valence-corrected chi connectivity index (χ2v) is 8.91. The monoisotopic (exact) mass is 448 g/mol. The zero-order valence-corrected chi connectivity index (χ0v) is 19.1. The third kappa shape index (κ3) is 5.63. The van der Waals surface area contributed by atoms with Gasteiger partial charge in [0.15, 0.2) is 0 Å². The fraction of sp³-hybridized carbons (Fsp3) is 0.407. The van der Waals surface area contributed by atoms with Gasteiger partial charge in [0.25, 0.3) is 0 Å². The summed E-state index contributed by atoms with van der Waals surface area (Å²) in [6.07, 6.45) is 5.19. The van der Waals surface area contributed by atoms with Crippen molar-refractivity contribution >= 4 is 5.97 Å². The zero-order chi connectivity index (χ0) is 23.2. The lowest BCUT2D eigenvalue weighted by Gasteiger charge is -2.28. The fourth-order valence-corrected chi connectivity index (χ4v) is 4.87. The van der Waals surface area contributed by atoms with E-state index in [-0.39, 0.29) is 12.4 Å². The van der Waals surface area contributed by atoms with Gasteiger partial charge in [0.05, 0.1) is 6.61 Å². The number of phenolic OH excluding ortho intramolecular Hbond substituents is 1. The van der Waals surface area contributed by atoms with E-state index in [0.29, 0.717) is 18.4 Å². The van der Waals surface area contributed by atoms with E-state index in [1.54, 1.807) is 12.1 Å². The van der Waals surface area contributed by atoms with E-state index in [1.807, 2.05) is 18.2 Å². The molecule has 1 saturated carbocycles. The van der Waals surface area contributed by atoms with E-state index in [2.05, 4.69) is 35.9 Å². The molecule has 0 amide bonds. The van der Waals surface area contributed by atoms with Crippen LogP contribution in [0, 0.1) is 11.8 Å². The quantitative estimate of drug-likeness (QED) is 0.458. The van der Waals surface area contributed by atoms with Crippen molar-refractivity contribution < 1.29 is 19.7 Å². The normalized spacial score (nSPS) is 18.3. The molecule has 0 radical (unpaired) electrons. The Morgan fingerprint density at radius 1 is 1.00 bits per heavy atom. The van der Waals surface area contributed by atoms with Crippen LogP contribution in [-0.4, -0.2) is 39.2 Å². The Morgan fingerprint density at radius 2 is 1.67 bits per heavy atom. The first kappa shape index (κ1) is 23.1. The standard InChI is InChI=1S/C27H32N2O4/c1-2-24-26(21-6-4-3-5-7-21)27(22-12-14-23(30)15-13-22)28-29(24)16-19-8-10-20(11-9-19)17-33-18-25(31)32/h3-7,12-15,19-20,30H,2,8-11,16-18H2,1H3,(H,31,32)/t19-,20-. The number of benzene rings is 2. The first-order chi connectivity index (χ1) is 16.0. The summed E-state index contributed by atoms with van der Waals surface area (Å²) in [7, 11) is 0. The summed E-state index contributed by atoms with van der Waals surface area (Å²) in [5.74, 6) is 0.325. The molecule has 2 aromatic carbocycles. The van der Waals surface area contributed by atoms with Crippen molar-refractivity contribution in [2.24, 2.45) is 11.8 Å². The predicted molar refractivity (Wildman–Crippen MR) is 128 cm³/mol. The molecule has 1 aliphatic rings. The lowest BCUT2D eigenvalue weighted by Crippen LogP contribution is -2.23. The molecule has 33 heavy (non-hydrogen) atoms. The molecule has 0 atom stereocenters. The zero-order valence-electron chi connectivity index (χ0n) is 19.1. The molecular weight excluding hydrogens is 416 g/mol. The minimum absolute atomic E-state index is 0.213. The van der Waals surface area contributed by atoms with Crippen LogP contribution in [0.4, 0.5) is 0 Å². The summed E-state index contributed by atoms with van der Waals surface area (Å²) in [6.45, 7) is 3.38. The van der Waals surface area contributed by atoms with Crippen LogP contribution in [0.2, 0.25) is 0 Å². The average molecular weight is 449 g/mol. The first-order valence-corrected chi connectivity index (χ1v) is 11.8. The van der Waals surface area contributed by atoms with Crippen molar-refractivity contribution in [3.63, 3.8) is 0 Å². The summed E-state index contributed by atoms with van der Waals surface area (Å²) < 4.78 is 7.51. The number of nitrogens with zero attached hydrogens (tertiary/aromatic N) is 2. The third-order valence-corrected chi connectivity index (χ3v) is 6.57. The molecule has 3 aromatic rings. The molecule has 1 fully saturated rings. The highest BCUT2D eigenvalue weighted by molar-refractivity contribution is 5.83. The molecule has 174 valence electrons. The molecule has 1 aromatic heterocycles. The molecule has 2 N–H and O–H groups in total. The Bertz CT molecular complexity index is 1050. The molecule has 1 heterocycles. The Kier molecular flexibility index (Phi) is 7.45. The van der Waals surface area contributed by atoms with Gasteiger partial charge in [-0.25, -0.2) is 4.79 Å². The largest absolute Gasteiger partial charge is 0.508 e. The number of ether oxygens (including phenoxy) is 1. The third-order valence-electron chi connectivity index (χ3n) is 6.57. The number of hydrogen-bond acceptors (Lipinski definition) is 4. The van der Waals surface area contributed by atoms with Gasteiger partial charge in [-0.2, -0.15) is 5.10 Å². The van der Waals surface area contributed by atoms with Crippen LogP contribution in [-0.2, 0) is 22.5 Å². The maximum Gasteiger partial charge on any atom is 0.329 e. The Balaban J connectivity index is 1.55. The molecule has 0 saturated heterocycles. The van der Waals surface area contributed by atoms with Crippen LogP contribution >= 0.6 is 0 Å². The van der Waals surface area contributed by atoms with E-state index in [9.17, 15) is 9.90 Å². The van der Waals surface area contributed by atoms with Gasteiger partial charge in [0.1, 0.15) is 18.1 Å². The van der Waals surface area contributed by atoms with Crippen molar-refractivity contribution in [2.75, 3.05) is 13.2 Å². The highest BCUT2D eigenvalue weighted by Gasteiger charge is 2.25. The Hall–Kier alpha value is -3.12. The maximum atomic E-state index is 10.7. The number of carbonyl (C=O) groups is 1. The summed E-state index contributed by atoms with van der Waals surface area (Å²) in [5, 5.41) is 23.6. The topological polar surface area (TPSA) is 84.6 Å². The first-order valence-electron chi connectivity index (χ1n) is 11.8. The highest BCUT2D eigenvalue weighted by atomic mass is 16.5. The van der Waals surface area contributed by atoms with Crippen molar-refractivity contribution in [3.05, 3.63) is 60.3 Å². The summed E-state index contributed by atoms with van der Waals surface area (Å²) >= 11 is 0. The second-order valence-electron chi connectivity index (χ2n) is 8.91. The maximum absolute atomic E-state index is 10.7. The smallest absolute Gasteiger partial charge is 0.329 e. The van der Waals surface area contributed by atoms with E-state index in [0.717, 1.165) is 55.5 Å². The van der Waals surface area contributed by atoms with Crippen molar-refractivity contribution in [1.82, 2.24) is 9.78 Å². The van der Waals surface area contributed by atoms with Gasteiger partial charge in [0.2, 0.25) is 0 Å². The number of hydrogen-bond donors (Lipinski definition) is 2. The van der Waals surface area contributed by atoms with Crippen LogP contribution < -0.4 is 0 Å². The molecule has 1 aliphatic carbocycles. The van der Waals surface area contributed by atoms with Crippen LogP contribution in [0.3, 0.4) is 0 Å². The van der Waals surface area contributed by atoms with Gasteiger partial charge >= 0.3 is 5.97 Å². The second kappa shape index (κ2) is 10.7. The van der Waals surface area contributed by atoms with Crippen LogP contribution in [0.5, 0.6) is 5.75 Å². The van der Waals surface area contributed by atoms with Gasteiger partial charge in [-0.1, -0.05) is 37.3 Å². The average Bonchev–Trinajstić information content (AvgIpc) is 3.19. The van der Waals surface area contributed by atoms with E-state index >= 15 is 0 Å². The summed E-state index contributed by atoms with van der Waals surface area (Å²) in [5.41, 5.74) is 5.51. The van der Waals surface area contributed by atoms with Crippen molar-refractivity contribution in [1.29, 1.82) is 0 Å². The lowest BCUT2D eigenvalue weighted by molar-refractivity contribution is -0.142. The number of rotatable bonds is 9. The fourth-order valence-electron chi connectivity index (χ4n) is 4.87. The molecule has 6 nitrogen and oxygen atoms in total. The number of aromatic hydroxyl groups is 1. The van der Waals surface area contributed by atoms with Crippen molar-refractivity contribution in [3.8, 4) is 28.1 Å². The summed E-state index contributed by atoms with van der Waals surface area (Å²) in [6, 6.07) is 17.7. The van der Waals surface area contributed by atoms with Crippen LogP contribution in [0.1, 0.15) is 38.3 Å². The number of carboxylic acid groups (broad SMARTS) is 1. The number of carboxylic acids is 1. The molecule has 4 rings (SSSR count). The van der Waals surface area contributed by atoms with Gasteiger partial charge in [-0.15, -0.1) is 0 Å². The molecule has 0 spiro atoms.